The Balaban J connectivity index is 1.49. The Bertz CT molecular complexity index is 1470. The van der Waals surface area contributed by atoms with Gasteiger partial charge in [-0.05, 0) is 44.7 Å². The van der Waals surface area contributed by atoms with E-state index in [0.29, 0.717) is 0 Å². The number of fused-ring (bicyclic) bond motifs is 1. The van der Waals surface area contributed by atoms with Crippen LogP contribution in [0.5, 0.6) is 0 Å². The summed E-state index contributed by atoms with van der Waals surface area (Å²) in [4.78, 5) is 0. The minimum atomic E-state index is -3.16. The van der Waals surface area contributed by atoms with Crippen molar-refractivity contribution in [3.63, 3.8) is 0 Å². The van der Waals surface area contributed by atoms with Gasteiger partial charge in [0.15, 0.2) is 5.79 Å². The Morgan fingerprint density at radius 2 is 0.735 bits per heavy atom. The normalized spacial score (nSPS) is 25.9. The number of aliphatic hydroxyl groups is 2. The average molecular weight is 697 g/mol. The summed E-state index contributed by atoms with van der Waals surface area (Å²) in [5.74, 6) is -1.00. The molecule has 0 amide bonds. The van der Waals surface area contributed by atoms with Gasteiger partial charge in [-0.15, -0.1) is 0 Å². The lowest BCUT2D eigenvalue weighted by Gasteiger charge is -2.53. The van der Waals surface area contributed by atoms with Crippen molar-refractivity contribution >= 4 is 37.4 Å². The number of rotatable bonds is 8. The molecule has 0 aromatic heterocycles. The number of aliphatic hydroxyl groups excluding tert-OH is 2. The van der Waals surface area contributed by atoms with Gasteiger partial charge in [-0.3, -0.25) is 0 Å². The summed E-state index contributed by atoms with van der Waals surface area (Å²) < 4.78 is 28.4. The Labute approximate surface area is 294 Å². The lowest BCUT2D eigenvalue weighted by atomic mass is 9.85. The van der Waals surface area contributed by atoms with Crippen LogP contribution in [0, 0.1) is 0 Å². The lowest BCUT2D eigenvalue weighted by Crippen LogP contribution is -2.75. The van der Waals surface area contributed by atoms with E-state index in [0.717, 1.165) is 20.7 Å². The Kier molecular flexibility index (Phi) is 9.76. The Hall–Kier alpha value is -2.93. The van der Waals surface area contributed by atoms with Gasteiger partial charge in [0, 0.05) is 0 Å². The zero-order chi connectivity index (χ0) is 35.2. The largest absolute Gasteiger partial charge is 0.399 e. The topological polar surface area (TPSA) is 77.4 Å². The fraction of sp³-hybridized carbons (Fsp3) is 0.415. The molecule has 1 aliphatic heterocycles. The first-order valence-corrected chi connectivity index (χ1v) is 21.2. The molecule has 260 valence electrons. The van der Waals surface area contributed by atoms with Crippen LogP contribution in [0.4, 0.5) is 0 Å². The molecule has 49 heavy (non-hydrogen) atoms. The van der Waals surface area contributed by atoms with E-state index in [2.05, 4.69) is 90.1 Å². The van der Waals surface area contributed by atoms with Crippen LogP contribution >= 0.6 is 0 Å². The zero-order valence-corrected chi connectivity index (χ0v) is 32.0. The number of hydrogen-bond donors (Lipinski definition) is 2. The smallest absolute Gasteiger partial charge is 0.261 e. The molecule has 2 aliphatic rings. The van der Waals surface area contributed by atoms with Crippen LogP contribution in [0.25, 0.3) is 0 Å². The van der Waals surface area contributed by atoms with E-state index >= 15 is 0 Å². The van der Waals surface area contributed by atoms with Crippen LogP contribution in [0.3, 0.4) is 0 Å². The maximum absolute atomic E-state index is 12.3. The van der Waals surface area contributed by atoms with Gasteiger partial charge in [-0.25, -0.2) is 0 Å². The van der Waals surface area contributed by atoms with Crippen LogP contribution in [-0.2, 0) is 18.3 Å². The predicted molar refractivity (Wildman–Crippen MR) is 201 cm³/mol. The van der Waals surface area contributed by atoms with Crippen molar-refractivity contribution in [3.8, 4) is 0 Å². The molecule has 1 saturated heterocycles. The van der Waals surface area contributed by atoms with Crippen molar-refractivity contribution in [3.05, 3.63) is 121 Å². The zero-order valence-electron chi connectivity index (χ0n) is 30.0. The molecular weight excluding hydrogens is 645 g/mol. The third-order valence-corrected chi connectivity index (χ3v) is 20.4. The number of hydrogen-bond acceptors (Lipinski definition) is 6. The molecule has 1 saturated carbocycles. The van der Waals surface area contributed by atoms with E-state index in [4.69, 9.17) is 18.3 Å². The third kappa shape index (κ3) is 6.32. The second kappa shape index (κ2) is 13.3. The molecule has 4 aromatic carbocycles. The van der Waals surface area contributed by atoms with Crippen molar-refractivity contribution in [2.24, 2.45) is 0 Å². The third-order valence-electron chi connectivity index (χ3n) is 10.3. The molecule has 0 spiro atoms. The molecular formula is C41H52O6Si2. The monoisotopic (exact) mass is 696 g/mol. The fourth-order valence-corrected chi connectivity index (χ4v) is 17.6. The molecule has 6 rings (SSSR count). The molecule has 6 atom stereocenters. The lowest BCUT2D eigenvalue weighted by molar-refractivity contribution is -0.182. The van der Waals surface area contributed by atoms with Crippen LogP contribution in [0.1, 0.15) is 55.4 Å². The molecule has 1 heterocycles. The molecule has 4 aromatic rings. The van der Waals surface area contributed by atoms with Gasteiger partial charge in [0.05, 0.1) is 0 Å². The molecule has 8 heteroatoms. The van der Waals surface area contributed by atoms with Gasteiger partial charge in [0.2, 0.25) is 0 Å². The van der Waals surface area contributed by atoms with Crippen LogP contribution in [0.15, 0.2) is 121 Å². The molecule has 0 unspecified atom stereocenters. The molecule has 1 aliphatic carbocycles. The predicted octanol–water partition coefficient (Wildman–Crippen LogP) is 5.13. The van der Waals surface area contributed by atoms with Crippen molar-refractivity contribution in [1.29, 1.82) is 0 Å². The summed E-state index contributed by atoms with van der Waals surface area (Å²) in [6.45, 7) is 17.0. The summed E-state index contributed by atoms with van der Waals surface area (Å²) in [5.41, 5.74) is 0. The van der Waals surface area contributed by atoms with Gasteiger partial charge < -0.3 is 28.5 Å². The molecule has 2 N–H and O–H groups in total. The van der Waals surface area contributed by atoms with Crippen molar-refractivity contribution in [2.45, 2.75) is 108 Å². The highest BCUT2D eigenvalue weighted by atomic mass is 28.4. The summed E-state index contributed by atoms with van der Waals surface area (Å²) in [6.07, 6.45) is -5.84. The number of ether oxygens (including phenoxy) is 2. The minimum absolute atomic E-state index is 0.354. The van der Waals surface area contributed by atoms with E-state index < -0.39 is 59.0 Å². The first kappa shape index (κ1) is 35.9. The van der Waals surface area contributed by atoms with E-state index in [1.165, 1.54) is 0 Å². The van der Waals surface area contributed by atoms with E-state index in [1.54, 1.807) is 0 Å². The average Bonchev–Trinajstić information content (AvgIpc) is 3.40. The van der Waals surface area contributed by atoms with E-state index in [-0.39, 0.29) is 10.1 Å². The summed E-state index contributed by atoms with van der Waals surface area (Å²) in [5, 5.41) is 28.3. The van der Waals surface area contributed by atoms with Crippen LogP contribution in [-0.4, -0.2) is 69.3 Å². The highest BCUT2D eigenvalue weighted by Crippen LogP contribution is 2.46. The summed E-state index contributed by atoms with van der Waals surface area (Å²) in [7, 11) is -6.31. The quantitative estimate of drug-likeness (QED) is 0.249. The van der Waals surface area contributed by atoms with E-state index in [9.17, 15) is 10.2 Å². The maximum atomic E-state index is 12.3. The molecule has 2 fully saturated rings. The Morgan fingerprint density at radius 3 is 0.959 bits per heavy atom. The van der Waals surface area contributed by atoms with Gasteiger partial charge in [-0.2, -0.15) is 0 Å². The van der Waals surface area contributed by atoms with Gasteiger partial charge in [0.1, 0.15) is 36.6 Å². The second-order valence-electron chi connectivity index (χ2n) is 16.0. The van der Waals surface area contributed by atoms with Crippen LogP contribution in [0.2, 0.25) is 10.1 Å². The SMILES string of the molecule is CC1(C)O[C@H]2[C@H](O1)[C@@H](O[Si](c1ccccc1)(c1ccccc1)C(C)(C)C)[C@@H](O)[C@@H](O)[C@@H]2O[Si](c1ccccc1)(c1ccccc1)C(C)(C)C. The first-order chi connectivity index (χ1) is 23.1. The van der Waals surface area contributed by atoms with E-state index in [1.807, 2.05) is 86.6 Å². The van der Waals surface area contributed by atoms with Crippen molar-refractivity contribution in [1.82, 2.24) is 0 Å². The molecule has 6 nitrogen and oxygen atoms in total. The number of benzene rings is 4. The minimum Gasteiger partial charge on any atom is -0.399 e. The van der Waals surface area contributed by atoms with Crippen molar-refractivity contribution in [2.75, 3.05) is 0 Å². The summed E-state index contributed by atoms with van der Waals surface area (Å²) in [6, 6.07) is 41.3. The van der Waals surface area contributed by atoms with Gasteiger partial charge >= 0.3 is 0 Å². The maximum Gasteiger partial charge on any atom is 0.261 e. The van der Waals surface area contributed by atoms with Crippen molar-refractivity contribution < 1.29 is 28.5 Å². The van der Waals surface area contributed by atoms with Gasteiger partial charge in [0.25, 0.3) is 16.6 Å². The van der Waals surface area contributed by atoms with Crippen LogP contribution < -0.4 is 20.7 Å². The summed E-state index contributed by atoms with van der Waals surface area (Å²) >= 11 is 0. The fourth-order valence-electron chi connectivity index (χ4n) is 8.17. The molecule has 0 bridgehead atoms. The first-order valence-electron chi connectivity index (χ1n) is 17.4. The standard InChI is InChI=1S/C41H52O6Si2/c1-39(2,3)48(29-21-13-9-14-22-29,30-23-15-10-16-24-30)46-35-33(42)34(43)36(38-37(35)44-41(7,8)45-38)47-49(40(4,5)6,31-25-17-11-18-26-31)32-27-19-12-20-28-32/h9-28,33-38,42-43H,1-8H3/t33-,34+,35-,36-,37+,38+/m0/s1. The second-order valence-corrected chi connectivity index (χ2v) is 24.5. The highest BCUT2D eigenvalue weighted by molar-refractivity contribution is 7.00. The highest BCUT2D eigenvalue weighted by Gasteiger charge is 2.64. The Morgan fingerprint density at radius 1 is 0.490 bits per heavy atom. The molecule has 0 radical (unpaired) electrons. The van der Waals surface area contributed by atoms with Gasteiger partial charge in [-0.1, -0.05) is 163 Å².